The molecule has 0 saturated heterocycles. The lowest BCUT2D eigenvalue weighted by Crippen LogP contribution is -2.06. The normalized spacial score (nSPS) is 11.1. The van der Waals surface area contributed by atoms with Gasteiger partial charge in [0.1, 0.15) is 16.5 Å². The Morgan fingerprint density at radius 2 is 1.86 bits per heavy atom. The van der Waals surface area contributed by atoms with Crippen LogP contribution in [0.2, 0.25) is 0 Å². The zero-order valence-electron chi connectivity index (χ0n) is 21.8. The Balaban J connectivity index is 1.34. The van der Waals surface area contributed by atoms with Crippen molar-refractivity contribution in [1.82, 2.24) is 9.97 Å². The quantitative estimate of drug-likeness (QED) is 0.189. The molecule has 0 spiro atoms. The number of rotatable bonds is 13. The summed E-state index contributed by atoms with van der Waals surface area (Å²) in [5.41, 5.74) is 4.84. The van der Waals surface area contributed by atoms with Crippen molar-refractivity contribution in [2.24, 2.45) is 0 Å². The number of carboxylic acids is 1. The van der Waals surface area contributed by atoms with Gasteiger partial charge in [-0.2, -0.15) is 0 Å². The molecule has 37 heavy (non-hydrogen) atoms. The van der Waals surface area contributed by atoms with Crippen LogP contribution >= 0.6 is 11.3 Å². The maximum atomic E-state index is 11.1. The molecule has 7 nitrogen and oxygen atoms in total. The van der Waals surface area contributed by atoms with Gasteiger partial charge >= 0.3 is 5.97 Å². The molecular formula is C29H34N2O5S. The fourth-order valence-electron chi connectivity index (χ4n) is 4.30. The molecule has 0 atom stereocenters. The van der Waals surface area contributed by atoms with Crippen molar-refractivity contribution < 1.29 is 24.1 Å². The van der Waals surface area contributed by atoms with E-state index in [2.05, 4.69) is 29.0 Å². The molecule has 0 saturated carbocycles. The minimum atomic E-state index is -0.850. The highest BCUT2D eigenvalue weighted by Crippen LogP contribution is 2.34. The second kappa shape index (κ2) is 12.1. The van der Waals surface area contributed by atoms with Gasteiger partial charge in [-0.15, -0.1) is 11.3 Å². The fourth-order valence-corrected chi connectivity index (χ4v) is 5.16. The highest BCUT2D eigenvalue weighted by molar-refractivity contribution is 7.15. The van der Waals surface area contributed by atoms with Crippen LogP contribution in [0.15, 0.2) is 36.4 Å². The largest absolute Gasteiger partial charge is 0.493 e. The number of nitrogens with one attached hydrogen (secondary N) is 1. The number of aryl methyl sites for hydroxylation is 3. The number of hydrogen-bond donors (Lipinski definition) is 2. The van der Waals surface area contributed by atoms with Gasteiger partial charge in [-0.1, -0.05) is 13.3 Å². The van der Waals surface area contributed by atoms with Gasteiger partial charge in [0.15, 0.2) is 0 Å². The molecule has 0 amide bonds. The van der Waals surface area contributed by atoms with Crippen LogP contribution in [0.25, 0.3) is 21.5 Å². The predicted octanol–water partition coefficient (Wildman–Crippen LogP) is 6.73. The molecule has 4 aromatic rings. The standard InChI is InChI=1S/C29H34N2O5S/c1-5-8-20-15-21(29-31-28(34-6-2)19(4)37-29)9-12-26(20)36-14-7-13-35-22-10-11-24-23(16-22)18(3)25(30-24)17-27(32)33/h9-12,15-16,30H,5-8,13-14,17H2,1-4H3,(H,32,33). The van der Waals surface area contributed by atoms with E-state index >= 15 is 0 Å². The molecule has 0 aliphatic rings. The summed E-state index contributed by atoms with van der Waals surface area (Å²) in [4.78, 5) is 20.0. The van der Waals surface area contributed by atoms with E-state index in [1.165, 1.54) is 5.56 Å². The molecule has 0 aliphatic carbocycles. The van der Waals surface area contributed by atoms with Crippen LogP contribution in [0.1, 0.15) is 48.4 Å². The number of aromatic amines is 1. The van der Waals surface area contributed by atoms with Gasteiger partial charge < -0.3 is 24.3 Å². The molecule has 0 fully saturated rings. The zero-order chi connectivity index (χ0) is 26.4. The predicted molar refractivity (Wildman–Crippen MR) is 147 cm³/mol. The van der Waals surface area contributed by atoms with Crippen molar-refractivity contribution in [2.45, 2.75) is 53.4 Å². The van der Waals surface area contributed by atoms with Gasteiger partial charge in [-0.3, -0.25) is 4.79 Å². The van der Waals surface area contributed by atoms with Crippen LogP contribution in [0.3, 0.4) is 0 Å². The van der Waals surface area contributed by atoms with E-state index in [1.54, 1.807) is 11.3 Å². The molecule has 0 unspecified atom stereocenters. The van der Waals surface area contributed by atoms with Crippen molar-refractivity contribution in [2.75, 3.05) is 19.8 Å². The number of fused-ring (bicyclic) bond motifs is 1. The number of carbonyl (C=O) groups is 1. The summed E-state index contributed by atoms with van der Waals surface area (Å²) in [5, 5.41) is 11.0. The molecule has 8 heteroatoms. The Bertz CT molecular complexity index is 1370. The Morgan fingerprint density at radius 1 is 1.05 bits per heavy atom. The number of H-pyrrole nitrogens is 1. The summed E-state index contributed by atoms with van der Waals surface area (Å²) in [6, 6.07) is 12.1. The SMILES string of the molecule is CCCc1cc(-c2nc(OCC)c(C)s2)ccc1OCCCOc1ccc2[nH]c(CC(=O)O)c(C)c2c1. The Labute approximate surface area is 221 Å². The van der Waals surface area contributed by atoms with Crippen LogP contribution in [0, 0.1) is 13.8 Å². The fraction of sp³-hybridized carbons (Fsp3) is 0.379. The molecule has 2 aromatic carbocycles. The molecule has 2 heterocycles. The second-order valence-electron chi connectivity index (χ2n) is 8.94. The van der Waals surface area contributed by atoms with Gasteiger partial charge in [-0.05, 0) is 74.7 Å². The van der Waals surface area contributed by atoms with Crippen molar-refractivity contribution in [1.29, 1.82) is 0 Å². The summed E-state index contributed by atoms with van der Waals surface area (Å²) >= 11 is 1.65. The van der Waals surface area contributed by atoms with Gasteiger partial charge in [0.25, 0.3) is 0 Å². The molecule has 196 valence electrons. The first-order valence-electron chi connectivity index (χ1n) is 12.7. The van der Waals surface area contributed by atoms with Gasteiger partial charge in [0.2, 0.25) is 5.88 Å². The maximum absolute atomic E-state index is 11.1. The van der Waals surface area contributed by atoms with E-state index < -0.39 is 5.97 Å². The third-order valence-electron chi connectivity index (χ3n) is 6.14. The summed E-state index contributed by atoms with van der Waals surface area (Å²) in [7, 11) is 0. The first kappa shape index (κ1) is 26.5. The number of carboxylic acid groups (broad SMARTS) is 1. The van der Waals surface area contributed by atoms with Crippen LogP contribution in [-0.2, 0) is 17.6 Å². The van der Waals surface area contributed by atoms with Crippen molar-refractivity contribution >= 4 is 28.2 Å². The minimum absolute atomic E-state index is 0.0210. The maximum Gasteiger partial charge on any atom is 0.309 e. The highest BCUT2D eigenvalue weighted by Gasteiger charge is 2.14. The lowest BCUT2D eigenvalue weighted by Gasteiger charge is -2.13. The lowest BCUT2D eigenvalue weighted by molar-refractivity contribution is -0.136. The monoisotopic (exact) mass is 522 g/mol. The third kappa shape index (κ3) is 6.43. The molecule has 4 rings (SSSR count). The summed E-state index contributed by atoms with van der Waals surface area (Å²) in [5.74, 6) is 1.53. The second-order valence-corrected chi connectivity index (χ2v) is 10.1. The molecule has 2 aromatic heterocycles. The first-order valence-corrected chi connectivity index (χ1v) is 13.5. The summed E-state index contributed by atoms with van der Waals surface area (Å²) in [6.07, 6.45) is 2.68. The van der Waals surface area contributed by atoms with Crippen molar-refractivity contribution in [3.63, 3.8) is 0 Å². The van der Waals surface area contributed by atoms with Gasteiger partial charge in [-0.25, -0.2) is 4.98 Å². The number of nitrogens with zero attached hydrogens (tertiary/aromatic N) is 1. The smallest absolute Gasteiger partial charge is 0.309 e. The van der Waals surface area contributed by atoms with E-state index in [9.17, 15) is 4.79 Å². The number of hydrogen-bond acceptors (Lipinski definition) is 6. The van der Waals surface area contributed by atoms with E-state index in [-0.39, 0.29) is 6.42 Å². The third-order valence-corrected chi connectivity index (χ3v) is 7.14. The first-order chi connectivity index (χ1) is 17.9. The Hall–Kier alpha value is -3.52. The topological polar surface area (TPSA) is 93.7 Å². The van der Waals surface area contributed by atoms with Crippen LogP contribution in [-0.4, -0.2) is 40.9 Å². The van der Waals surface area contributed by atoms with E-state index in [0.29, 0.717) is 25.7 Å². The van der Waals surface area contributed by atoms with Gasteiger partial charge in [0, 0.05) is 28.6 Å². The zero-order valence-corrected chi connectivity index (χ0v) is 22.7. The molecular weight excluding hydrogens is 488 g/mol. The average molecular weight is 523 g/mol. The number of benzene rings is 2. The van der Waals surface area contributed by atoms with Gasteiger partial charge in [0.05, 0.1) is 31.1 Å². The molecule has 0 aliphatic heterocycles. The van der Waals surface area contributed by atoms with Crippen molar-refractivity contribution in [3.05, 3.63) is 58.1 Å². The van der Waals surface area contributed by atoms with Crippen molar-refractivity contribution in [3.8, 4) is 28.0 Å². The molecule has 0 radical (unpaired) electrons. The van der Waals surface area contributed by atoms with Crippen LogP contribution < -0.4 is 14.2 Å². The number of ether oxygens (including phenoxy) is 3. The highest BCUT2D eigenvalue weighted by atomic mass is 32.1. The van der Waals surface area contributed by atoms with Crippen LogP contribution in [0.5, 0.6) is 17.4 Å². The minimum Gasteiger partial charge on any atom is -0.493 e. The summed E-state index contributed by atoms with van der Waals surface area (Å²) < 4.78 is 17.7. The van der Waals surface area contributed by atoms with Crippen LogP contribution in [0.4, 0.5) is 0 Å². The number of thiazole rings is 1. The van der Waals surface area contributed by atoms with E-state index in [0.717, 1.165) is 68.4 Å². The lowest BCUT2D eigenvalue weighted by atomic mass is 10.1. The molecule has 2 N–H and O–H groups in total. The van der Waals surface area contributed by atoms with E-state index in [1.807, 2.05) is 45.0 Å². The Morgan fingerprint density at radius 3 is 2.62 bits per heavy atom. The average Bonchev–Trinajstić information content (AvgIpc) is 3.39. The summed E-state index contributed by atoms with van der Waals surface area (Å²) in [6.45, 7) is 9.78. The van der Waals surface area contributed by atoms with E-state index in [4.69, 9.17) is 19.3 Å². The number of aliphatic carboxylic acids is 1. The molecule has 0 bridgehead atoms. The Kier molecular flexibility index (Phi) is 8.71. The number of aromatic nitrogens is 2.